The van der Waals surface area contributed by atoms with Crippen molar-refractivity contribution in [3.63, 3.8) is 0 Å². The van der Waals surface area contributed by atoms with Gasteiger partial charge in [0, 0.05) is 18.0 Å². The number of anilines is 1. The molecule has 15 heavy (non-hydrogen) atoms. The number of para-hydroxylation sites is 1. The van der Waals surface area contributed by atoms with Crippen molar-refractivity contribution >= 4 is 11.7 Å². The Kier molecular flexibility index (Phi) is 2.60. The van der Waals surface area contributed by atoms with Crippen molar-refractivity contribution in [1.29, 1.82) is 0 Å². The second-order valence-corrected chi connectivity index (χ2v) is 3.80. The van der Waals surface area contributed by atoms with E-state index in [2.05, 4.69) is 5.32 Å². The van der Waals surface area contributed by atoms with Gasteiger partial charge in [0.1, 0.15) is 0 Å². The van der Waals surface area contributed by atoms with Crippen molar-refractivity contribution in [2.24, 2.45) is 5.73 Å². The van der Waals surface area contributed by atoms with Gasteiger partial charge in [-0.2, -0.15) is 0 Å². The van der Waals surface area contributed by atoms with Gasteiger partial charge in [-0.3, -0.25) is 4.79 Å². The number of carbonyl (C=O) groups is 1. The van der Waals surface area contributed by atoms with E-state index in [1.54, 1.807) is 0 Å². The van der Waals surface area contributed by atoms with Crippen molar-refractivity contribution < 1.29 is 9.90 Å². The highest BCUT2D eigenvalue weighted by molar-refractivity contribution is 5.67. The number of carboxylic acid groups (broad SMARTS) is 1. The Balaban J connectivity index is 2.15. The molecule has 0 saturated carbocycles. The molecule has 0 aromatic heterocycles. The minimum absolute atomic E-state index is 0.109. The molecule has 0 aliphatic carbocycles. The molecule has 0 amide bonds. The molecule has 4 N–H and O–H groups in total. The number of rotatable bonds is 3. The van der Waals surface area contributed by atoms with Crippen LogP contribution in [0.3, 0.4) is 0 Å². The number of aliphatic carboxylic acids is 1. The Morgan fingerprint density at radius 3 is 2.93 bits per heavy atom. The molecular weight excluding hydrogens is 192 g/mol. The van der Waals surface area contributed by atoms with E-state index in [-0.39, 0.29) is 18.5 Å². The summed E-state index contributed by atoms with van der Waals surface area (Å²) < 4.78 is 0. The number of nitrogens with two attached hydrogens (primary N) is 1. The van der Waals surface area contributed by atoms with Gasteiger partial charge in [-0.1, -0.05) is 18.2 Å². The maximum atomic E-state index is 10.5. The molecule has 1 aliphatic heterocycles. The van der Waals surface area contributed by atoms with Gasteiger partial charge in [-0.25, -0.2) is 0 Å². The van der Waals surface area contributed by atoms with Crippen LogP contribution in [-0.4, -0.2) is 17.2 Å². The first kappa shape index (κ1) is 9.98. The number of carboxylic acids is 1. The molecule has 0 saturated heterocycles. The van der Waals surface area contributed by atoms with E-state index in [1.165, 1.54) is 0 Å². The third-order valence-electron chi connectivity index (χ3n) is 2.79. The Hall–Kier alpha value is -1.55. The fraction of sp³-hybridized carbons (Fsp3) is 0.364. The van der Waals surface area contributed by atoms with Crippen LogP contribution in [0.25, 0.3) is 0 Å². The zero-order valence-corrected chi connectivity index (χ0v) is 8.31. The van der Waals surface area contributed by atoms with E-state index in [9.17, 15) is 4.79 Å². The van der Waals surface area contributed by atoms with Crippen LogP contribution in [0.2, 0.25) is 0 Å². The average molecular weight is 206 g/mol. The lowest BCUT2D eigenvalue weighted by atomic mass is 9.94. The lowest BCUT2D eigenvalue weighted by Crippen LogP contribution is -2.30. The van der Waals surface area contributed by atoms with Crippen LogP contribution in [0.5, 0.6) is 0 Å². The number of hydrogen-bond donors (Lipinski definition) is 3. The summed E-state index contributed by atoms with van der Waals surface area (Å²) in [6.45, 7) is 0. The van der Waals surface area contributed by atoms with Gasteiger partial charge in [-0.05, 0) is 18.1 Å². The zero-order valence-electron chi connectivity index (χ0n) is 8.31. The van der Waals surface area contributed by atoms with Crippen molar-refractivity contribution in [1.82, 2.24) is 0 Å². The van der Waals surface area contributed by atoms with Gasteiger partial charge in [0.25, 0.3) is 0 Å². The normalized spacial score (nSPS) is 23.3. The fourth-order valence-electron chi connectivity index (χ4n) is 2.04. The molecule has 80 valence electrons. The molecule has 1 heterocycles. The highest BCUT2D eigenvalue weighted by Gasteiger charge is 2.28. The summed E-state index contributed by atoms with van der Waals surface area (Å²) in [6.07, 6.45) is 0.580. The predicted octanol–water partition coefficient (Wildman–Crippen LogP) is 1.35. The van der Waals surface area contributed by atoms with E-state index >= 15 is 0 Å². The second kappa shape index (κ2) is 3.90. The first-order valence-corrected chi connectivity index (χ1v) is 5.01. The van der Waals surface area contributed by atoms with Gasteiger partial charge in [0.2, 0.25) is 0 Å². The number of benzene rings is 1. The van der Waals surface area contributed by atoms with E-state index in [0.717, 1.165) is 11.3 Å². The quantitative estimate of drug-likeness (QED) is 0.697. The van der Waals surface area contributed by atoms with Crippen LogP contribution in [0, 0.1) is 0 Å². The number of fused-ring (bicyclic) bond motifs is 1. The van der Waals surface area contributed by atoms with Crippen LogP contribution in [0.4, 0.5) is 5.69 Å². The Morgan fingerprint density at radius 1 is 1.47 bits per heavy atom. The van der Waals surface area contributed by atoms with E-state index in [0.29, 0.717) is 6.42 Å². The number of nitrogens with one attached hydrogen (secondary N) is 1. The molecule has 4 heteroatoms. The van der Waals surface area contributed by atoms with Crippen molar-refractivity contribution in [2.45, 2.75) is 24.9 Å². The average Bonchev–Trinajstić information content (AvgIpc) is 2.50. The summed E-state index contributed by atoms with van der Waals surface area (Å²) in [5, 5.41) is 11.8. The molecule has 2 unspecified atom stereocenters. The SMILES string of the molecule is NC1Nc2ccccc2C1CCC(=O)O. The predicted molar refractivity (Wildman–Crippen MR) is 57.7 cm³/mol. The minimum atomic E-state index is -0.772. The summed E-state index contributed by atoms with van der Waals surface area (Å²) in [5.74, 6) is -0.663. The van der Waals surface area contributed by atoms with Crippen LogP contribution >= 0.6 is 0 Å². The molecule has 1 aromatic carbocycles. The van der Waals surface area contributed by atoms with Gasteiger partial charge in [-0.15, -0.1) is 0 Å². The van der Waals surface area contributed by atoms with Crippen LogP contribution in [0.15, 0.2) is 24.3 Å². The molecule has 4 nitrogen and oxygen atoms in total. The summed E-state index contributed by atoms with van der Waals surface area (Å²) in [5.41, 5.74) is 8.07. The maximum absolute atomic E-state index is 10.5. The van der Waals surface area contributed by atoms with Gasteiger partial charge >= 0.3 is 5.97 Å². The molecular formula is C11H14N2O2. The highest BCUT2D eigenvalue weighted by atomic mass is 16.4. The standard InChI is InChI=1S/C11H14N2O2/c12-11-8(5-6-10(14)15)7-3-1-2-4-9(7)13-11/h1-4,8,11,13H,5-6,12H2,(H,14,15). The van der Waals surface area contributed by atoms with Crippen molar-refractivity contribution in [3.05, 3.63) is 29.8 Å². The van der Waals surface area contributed by atoms with Gasteiger partial charge in [0.15, 0.2) is 0 Å². The first-order chi connectivity index (χ1) is 7.18. The third-order valence-corrected chi connectivity index (χ3v) is 2.79. The molecule has 2 atom stereocenters. The topological polar surface area (TPSA) is 75.3 Å². The summed E-state index contributed by atoms with van der Waals surface area (Å²) in [6, 6.07) is 7.86. The molecule has 1 aromatic rings. The van der Waals surface area contributed by atoms with Crippen LogP contribution in [-0.2, 0) is 4.79 Å². The minimum Gasteiger partial charge on any atom is -0.481 e. The molecule has 0 bridgehead atoms. The number of hydrogen-bond acceptors (Lipinski definition) is 3. The van der Waals surface area contributed by atoms with Crippen molar-refractivity contribution in [2.75, 3.05) is 5.32 Å². The van der Waals surface area contributed by atoms with Gasteiger partial charge < -0.3 is 16.2 Å². The zero-order chi connectivity index (χ0) is 10.8. The Bertz CT molecular complexity index is 379. The molecule has 0 spiro atoms. The maximum Gasteiger partial charge on any atom is 0.303 e. The van der Waals surface area contributed by atoms with Crippen LogP contribution < -0.4 is 11.1 Å². The van der Waals surface area contributed by atoms with E-state index in [1.807, 2.05) is 24.3 Å². The van der Waals surface area contributed by atoms with Crippen molar-refractivity contribution in [3.8, 4) is 0 Å². The largest absolute Gasteiger partial charge is 0.481 e. The van der Waals surface area contributed by atoms with E-state index < -0.39 is 5.97 Å². The molecule has 0 fully saturated rings. The summed E-state index contributed by atoms with van der Waals surface area (Å²) >= 11 is 0. The fourth-order valence-corrected chi connectivity index (χ4v) is 2.04. The summed E-state index contributed by atoms with van der Waals surface area (Å²) in [4.78, 5) is 10.5. The smallest absolute Gasteiger partial charge is 0.303 e. The Labute approximate surface area is 88.1 Å². The van der Waals surface area contributed by atoms with Gasteiger partial charge in [0.05, 0.1) is 6.17 Å². The Morgan fingerprint density at radius 2 is 2.20 bits per heavy atom. The first-order valence-electron chi connectivity index (χ1n) is 5.01. The third kappa shape index (κ3) is 1.94. The summed E-state index contributed by atoms with van der Waals surface area (Å²) in [7, 11) is 0. The lowest BCUT2D eigenvalue weighted by molar-refractivity contribution is -0.137. The second-order valence-electron chi connectivity index (χ2n) is 3.80. The molecule has 1 aliphatic rings. The molecule has 2 rings (SSSR count). The molecule has 0 radical (unpaired) electrons. The monoisotopic (exact) mass is 206 g/mol. The lowest BCUT2D eigenvalue weighted by Gasteiger charge is -2.14. The highest BCUT2D eigenvalue weighted by Crippen LogP contribution is 2.36. The van der Waals surface area contributed by atoms with E-state index in [4.69, 9.17) is 10.8 Å². The van der Waals surface area contributed by atoms with Crippen LogP contribution in [0.1, 0.15) is 24.3 Å².